The first-order chi connectivity index (χ1) is 8.13. The van der Waals surface area contributed by atoms with Gasteiger partial charge in [-0.15, -0.1) is 0 Å². The second-order valence-electron chi connectivity index (χ2n) is 4.55. The van der Waals surface area contributed by atoms with E-state index in [1.165, 1.54) is 0 Å². The Kier molecular flexibility index (Phi) is 3.33. The highest BCUT2D eigenvalue weighted by Gasteiger charge is 2.29. The van der Waals surface area contributed by atoms with Gasteiger partial charge in [-0.2, -0.15) is 0 Å². The summed E-state index contributed by atoms with van der Waals surface area (Å²) in [4.78, 5) is 14.1. The van der Waals surface area contributed by atoms with Crippen molar-refractivity contribution in [3.05, 3.63) is 29.3 Å². The number of amides is 1. The van der Waals surface area contributed by atoms with E-state index in [9.17, 15) is 9.90 Å². The topological polar surface area (TPSA) is 66.6 Å². The van der Waals surface area contributed by atoms with Crippen LogP contribution in [0.3, 0.4) is 0 Å². The number of hydrogen-bond donors (Lipinski definition) is 2. The van der Waals surface area contributed by atoms with Gasteiger partial charge in [0, 0.05) is 17.8 Å². The van der Waals surface area contributed by atoms with E-state index in [1.54, 1.807) is 23.1 Å². The highest BCUT2D eigenvalue weighted by molar-refractivity contribution is 5.96. The van der Waals surface area contributed by atoms with Crippen molar-refractivity contribution < 1.29 is 9.90 Å². The molecule has 2 rings (SSSR count). The molecule has 0 bridgehead atoms. The van der Waals surface area contributed by atoms with Gasteiger partial charge < -0.3 is 15.7 Å². The van der Waals surface area contributed by atoms with E-state index in [1.807, 2.05) is 6.92 Å². The molecular formula is C13H18N2O2. The number of aliphatic hydroxyl groups excluding tert-OH is 1. The minimum absolute atomic E-state index is 0.000880. The largest absolute Gasteiger partial charge is 0.399 e. The minimum atomic E-state index is -0.0283. The Morgan fingerprint density at radius 1 is 1.59 bits per heavy atom. The Hall–Kier alpha value is -1.55. The minimum Gasteiger partial charge on any atom is -0.399 e. The van der Waals surface area contributed by atoms with Crippen molar-refractivity contribution >= 4 is 11.6 Å². The van der Waals surface area contributed by atoms with E-state index in [4.69, 9.17) is 5.73 Å². The number of rotatable bonds is 2. The van der Waals surface area contributed by atoms with Crippen molar-refractivity contribution in [1.82, 2.24) is 4.90 Å². The average Bonchev–Trinajstić information content (AvgIpc) is 2.76. The maximum Gasteiger partial charge on any atom is 0.254 e. The number of aliphatic hydroxyl groups is 1. The number of hydrogen-bond acceptors (Lipinski definition) is 3. The highest BCUT2D eigenvalue weighted by Crippen LogP contribution is 2.22. The zero-order chi connectivity index (χ0) is 12.4. The molecule has 4 heteroatoms. The molecule has 92 valence electrons. The molecule has 0 aromatic heterocycles. The smallest absolute Gasteiger partial charge is 0.254 e. The maximum absolute atomic E-state index is 12.3. The molecule has 17 heavy (non-hydrogen) atoms. The van der Waals surface area contributed by atoms with Crippen molar-refractivity contribution in [2.75, 3.05) is 18.9 Å². The lowest BCUT2D eigenvalue weighted by Gasteiger charge is -2.23. The Bertz CT molecular complexity index is 431. The van der Waals surface area contributed by atoms with E-state index in [0.29, 0.717) is 11.3 Å². The summed E-state index contributed by atoms with van der Waals surface area (Å²) in [6, 6.07) is 5.28. The lowest BCUT2D eigenvalue weighted by Crippen LogP contribution is -2.37. The normalized spacial score (nSPS) is 19.6. The summed E-state index contributed by atoms with van der Waals surface area (Å²) in [7, 11) is 0. The molecule has 1 amide bonds. The van der Waals surface area contributed by atoms with Crippen LogP contribution in [0.5, 0.6) is 0 Å². The first-order valence-corrected chi connectivity index (χ1v) is 5.91. The van der Waals surface area contributed by atoms with Gasteiger partial charge >= 0.3 is 0 Å². The number of aryl methyl sites for hydroxylation is 1. The molecule has 3 N–H and O–H groups in total. The highest BCUT2D eigenvalue weighted by atomic mass is 16.3. The number of nitrogen functional groups attached to an aromatic ring is 1. The number of anilines is 1. The molecule has 0 unspecified atom stereocenters. The van der Waals surface area contributed by atoms with E-state index < -0.39 is 0 Å². The summed E-state index contributed by atoms with van der Waals surface area (Å²) in [5.74, 6) is -0.000880. The van der Waals surface area contributed by atoms with Gasteiger partial charge in [0.25, 0.3) is 5.91 Å². The molecule has 1 aromatic rings. The number of nitrogens with two attached hydrogens (primary N) is 1. The van der Waals surface area contributed by atoms with Gasteiger partial charge in [0.05, 0.1) is 12.6 Å². The van der Waals surface area contributed by atoms with Gasteiger partial charge in [0.1, 0.15) is 0 Å². The number of carbonyl (C=O) groups excluding carboxylic acids is 1. The molecule has 0 aliphatic carbocycles. The van der Waals surface area contributed by atoms with Crippen LogP contribution in [0.1, 0.15) is 28.8 Å². The van der Waals surface area contributed by atoms with Crippen LogP contribution in [-0.2, 0) is 0 Å². The second kappa shape index (κ2) is 4.75. The van der Waals surface area contributed by atoms with Crippen LogP contribution in [0.15, 0.2) is 18.2 Å². The summed E-state index contributed by atoms with van der Waals surface area (Å²) >= 11 is 0. The van der Waals surface area contributed by atoms with Gasteiger partial charge in [0.15, 0.2) is 0 Å². The number of benzene rings is 1. The third-order valence-electron chi connectivity index (χ3n) is 3.33. The third kappa shape index (κ3) is 2.26. The molecule has 0 radical (unpaired) electrons. The number of nitrogens with zero attached hydrogens (tertiary/aromatic N) is 1. The zero-order valence-corrected chi connectivity index (χ0v) is 10.0. The van der Waals surface area contributed by atoms with Crippen molar-refractivity contribution in [2.24, 2.45) is 0 Å². The van der Waals surface area contributed by atoms with Crippen LogP contribution < -0.4 is 5.73 Å². The second-order valence-corrected chi connectivity index (χ2v) is 4.55. The van der Waals surface area contributed by atoms with Crippen molar-refractivity contribution in [3.63, 3.8) is 0 Å². The maximum atomic E-state index is 12.3. The van der Waals surface area contributed by atoms with Crippen molar-refractivity contribution in [1.29, 1.82) is 0 Å². The number of carbonyl (C=O) groups is 1. The lowest BCUT2D eigenvalue weighted by molar-refractivity contribution is 0.0677. The predicted octanol–water partition coefficient (Wildman–Crippen LogP) is 1.17. The molecular weight excluding hydrogens is 216 g/mol. The summed E-state index contributed by atoms with van der Waals surface area (Å²) in [5.41, 5.74) is 7.90. The summed E-state index contributed by atoms with van der Waals surface area (Å²) in [6.07, 6.45) is 1.85. The first-order valence-electron chi connectivity index (χ1n) is 5.91. The van der Waals surface area contributed by atoms with Crippen LogP contribution in [0.4, 0.5) is 5.69 Å². The fourth-order valence-electron chi connectivity index (χ4n) is 2.37. The van der Waals surface area contributed by atoms with Gasteiger partial charge in [-0.25, -0.2) is 0 Å². The van der Waals surface area contributed by atoms with Gasteiger partial charge in [-0.3, -0.25) is 4.79 Å². The molecule has 1 heterocycles. The molecule has 0 spiro atoms. The first kappa shape index (κ1) is 11.9. The molecule has 0 saturated carbocycles. The molecule has 1 fully saturated rings. The fourth-order valence-corrected chi connectivity index (χ4v) is 2.37. The third-order valence-corrected chi connectivity index (χ3v) is 3.33. The summed E-state index contributed by atoms with van der Waals surface area (Å²) < 4.78 is 0. The Morgan fingerprint density at radius 3 is 3.00 bits per heavy atom. The van der Waals surface area contributed by atoms with Crippen molar-refractivity contribution in [2.45, 2.75) is 25.8 Å². The molecule has 1 atom stereocenters. The SMILES string of the molecule is Cc1cc(N)ccc1C(=O)N1CCC[C@@H]1CO. The summed E-state index contributed by atoms with van der Waals surface area (Å²) in [6.45, 7) is 2.65. The van der Waals surface area contributed by atoms with Gasteiger partial charge in [-0.1, -0.05) is 0 Å². The van der Waals surface area contributed by atoms with E-state index >= 15 is 0 Å². The van der Waals surface area contributed by atoms with E-state index in [2.05, 4.69) is 0 Å². The zero-order valence-electron chi connectivity index (χ0n) is 10.0. The monoisotopic (exact) mass is 234 g/mol. The lowest BCUT2D eigenvalue weighted by atomic mass is 10.1. The van der Waals surface area contributed by atoms with E-state index in [0.717, 1.165) is 24.9 Å². The van der Waals surface area contributed by atoms with Crippen molar-refractivity contribution in [3.8, 4) is 0 Å². The molecule has 1 saturated heterocycles. The van der Waals surface area contributed by atoms with Crippen LogP contribution in [0.2, 0.25) is 0 Å². The van der Waals surface area contributed by atoms with Crippen LogP contribution >= 0.6 is 0 Å². The molecule has 4 nitrogen and oxygen atoms in total. The molecule has 1 aliphatic heterocycles. The Balaban J connectivity index is 2.24. The van der Waals surface area contributed by atoms with Crippen LogP contribution in [0, 0.1) is 6.92 Å². The van der Waals surface area contributed by atoms with Crippen LogP contribution in [-0.4, -0.2) is 35.1 Å². The molecule has 1 aromatic carbocycles. The van der Waals surface area contributed by atoms with Gasteiger partial charge in [0.2, 0.25) is 0 Å². The Labute approximate surface area is 101 Å². The predicted molar refractivity (Wildman–Crippen MR) is 66.7 cm³/mol. The average molecular weight is 234 g/mol. The quantitative estimate of drug-likeness (QED) is 0.755. The van der Waals surface area contributed by atoms with E-state index in [-0.39, 0.29) is 18.6 Å². The fraction of sp³-hybridized carbons (Fsp3) is 0.462. The standard InChI is InChI=1S/C13H18N2O2/c1-9-7-10(14)4-5-12(9)13(17)15-6-2-3-11(15)8-16/h4-5,7,11,16H,2-3,6,8,14H2,1H3/t11-/m1/s1. The summed E-state index contributed by atoms with van der Waals surface area (Å²) in [5, 5.41) is 9.23. The van der Waals surface area contributed by atoms with Crippen LogP contribution in [0.25, 0.3) is 0 Å². The Morgan fingerprint density at radius 2 is 2.35 bits per heavy atom. The van der Waals surface area contributed by atoms with Gasteiger partial charge in [-0.05, 0) is 43.5 Å². The molecule has 1 aliphatic rings. The number of likely N-dealkylation sites (tertiary alicyclic amines) is 1.